The highest BCUT2D eigenvalue weighted by Gasteiger charge is 2.04. The molecular weight excluding hydrogens is 227 g/mol. The van der Waals surface area contributed by atoms with Crippen LogP contribution in [0.25, 0.3) is 11.1 Å². The van der Waals surface area contributed by atoms with Gasteiger partial charge in [-0.05, 0) is 35.2 Å². The van der Waals surface area contributed by atoms with Gasteiger partial charge in [0, 0.05) is 0 Å². The summed E-state index contributed by atoms with van der Waals surface area (Å²) < 4.78 is 13.5. The van der Waals surface area contributed by atoms with Crippen LogP contribution in [0.2, 0.25) is 0 Å². The Morgan fingerprint density at radius 2 is 1.72 bits per heavy atom. The van der Waals surface area contributed by atoms with Crippen molar-refractivity contribution in [3.05, 3.63) is 59.4 Å². The Morgan fingerprint density at radius 1 is 1.06 bits per heavy atom. The van der Waals surface area contributed by atoms with Crippen molar-refractivity contribution in [3.8, 4) is 11.1 Å². The molecule has 0 aromatic heterocycles. The van der Waals surface area contributed by atoms with E-state index < -0.39 is 5.82 Å². The van der Waals surface area contributed by atoms with Crippen LogP contribution in [0.5, 0.6) is 0 Å². The number of aryl methyl sites for hydroxylation is 1. The van der Waals surface area contributed by atoms with Crippen molar-refractivity contribution in [1.82, 2.24) is 0 Å². The maximum Gasteiger partial charge on any atom is 0.152 e. The fourth-order valence-corrected chi connectivity index (χ4v) is 1.95. The number of carbonyl (C=O) groups excluding carboxylic acids is 1. The van der Waals surface area contributed by atoms with Crippen molar-refractivity contribution in [2.45, 2.75) is 19.8 Å². The van der Waals surface area contributed by atoms with Gasteiger partial charge in [-0.3, -0.25) is 4.79 Å². The fourth-order valence-electron chi connectivity index (χ4n) is 1.95. The van der Waals surface area contributed by atoms with Crippen molar-refractivity contribution in [3.63, 3.8) is 0 Å². The van der Waals surface area contributed by atoms with Crippen LogP contribution in [0.15, 0.2) is 42.5 Å². The zero-order chi connectivity index (χ0) is 13.0. The fraction of sp³-hybridized carbons (Fsp3) is 0.188. The van der Waals surface area contributed by atoms with Crippen LogP contribution in [0.4, 0.5) is 4.39 Å². The minimum absolute atomic E-state index is 0.0985. The van der Waals surface area contributed by atoms with Gasteiger partial charge in [-0.15, -0.1) is 0 Å². The molecule has 0 saturated heterocycles. The summed E-state index contributed by atoms with van der Waals surface area (Å²) in [4.78, 5) is 10.6. The van der Waals surface area contributed by atoms with Crippen LogP contribution < -0.4 is 0 Å². The van der Waals surface area contributed by atoms with E-state index in [4.69, 9.17) is 0 Å². The number of rotatable bonds is 4. The van der Waals surface area contributed by atoms with Crippen LogP contribution in [0.1, 0.15) is 29.3 Å². The molecule has 2 aromatic rings. The lowest BCUT2D eigenvalue weighted by Gasteiger charge is -2.05. The predicted molar refractivity (Wildman–Crippen MR) is 71.2 cm³/mol. The summed E-state index contributed by atoms with van der Waals surface area (Å²) in [7, 11) is 0. The Balaban J connectivity index is 2.30. The predicted octanol–water partition coefficient (Wildman–Crippen LogP) is 4.26. The van der Waals surface area contributed by atoms with Gasteiger partial charge in [-0.25, -0.2) is 4.39 Å². The van der Waals surface area contributed by atoms with Crippen molar-refractivity contribution >= 4 is 6.29 Å². The SMILES string of the molecule is CCCc1ccc(-c2ccc(C=O)c(F)c2)cc1. The molecule has 0 unspecified atom stereocenters. The Bertz CT molecular complexity index is 544. The minimum atomic E-state index is -0.472. The molecule has 0 bridgehead atoms. The zero-order valence-electron chi connectivity index (χ0n) is 10.3. The highest BCUT2D eigenvalue weighted by atomic mass is 19.1. The standard InChI is InChI=1S/C16H15FO/c1-2-3-12-4-6-13(7-5-12)14-8-9-15(11-18)16(17)10-14/h4-11H,2-3H2,1H3. The molecule has 2 aromatic carbocycles. The summed E-state index contributed by atoms with van der Waals surface area (Å²) in [5, 5.41) is 0. The molecule has 1 nitrogen and oxygen atoms in total. The first-order valence-corrected chi connectivity index (χ1v) is 6.08. The Morgan fingerprint density at radius 3 is 2.28 bits per heavy atom. The maximum atomic E-state index is 13.5. The van der Waals surface area contributed by atoms with Gasteiger partial charge in [0.25, 0.3) is 0 Å². The maximum absolute atomic E-state index is 13.5. The molecule has 0 atom stereocenters. The molecule has 0 fully saturated rings. The Hall–Kier alpha value is -1.96. The second-order valence-electron chi connectivity index (χ2n) is 4.30. The van der Waals surface area contributed by atoms with Gasteiger partial charge in [-0.2, -0.15) is 0 Å². The molecule has 0 N–H and O–H groups in total. The average Bonchev–Trinajstić information content (AvgIpc) is 2.40. The van der Waals surface area contributed by atoms with Crippen LogP contribution in [-0.2, 0) is 6.42 Å². The van der Waals surface area contributed by atoms with Gasteiger partial charge < -0.3 is 0 Å². The second-order valence-corrected chi connectivity index (χ2v) is 4.30. The van der Waals surface area contributed by atoms with Crippen LogP contribution in [0.3, 0.4) is 0 Å². The average molecular weight is 242 g/mol. The summed E-state index contributed by atoms with van der Waals surface area (Å²) in [6, 6.07) is 12.8. The van der Waals surface area contributed by atoms with Crippen molar-refractivity contribution < 1.29 is 9.18 Å². The van der Waals surface area contributed by atoms with E-state index in [-0.39, 0.29) is 5.56 Å². The molecule has 0 spiro atoms. The van der Waals surface area contributed by atoms with Crippen molar-refractivity contribution in [2.75, 3.05) is 0 Å². The summed E-state index contributed by atoms with van der Waals surface area (Å²) in [5.74, 6) is -0.472. The molecule has 18 heavy (non-hydrogen) atoms. The number of halogens is 1. The Kier molecular flexibility index (Phi) is 3.88. The van der Waals surface area contributed by atoms with E-state index in [1.807, 2.05) is 12.1 Å². The summed E-state index contributed by atoms with van der Waals surface area (Å²) in [6.45, 7) is 2.14. The van der Waals surface area contributed by atoms with Gasteiger partial charge in [-0.1, -0.05) is 43.7 Å². The third-order valence-corrected chi connectivity index (χ3v) is 2.95. The molecule has 0 aliphatic heterocycles. The lowest BCUT2D eigenvalue weighted by Crippen LogP contribution is -1.89. The molecule has 92 valence electrons. The molecule has 0 aliphatic carbocycles. The van der Waals surface area contributed by atoms with Gasteiger partial charge in [0.1, 0.15) is 5.82 Å². The lowest BCUT2D eigenvalue weighted by atomic mass is 10.0. The van der Waals surface area contributed by atoms with E-state index in [1.54, 1.807) is 6.07 Å². The summed E-state index contributed by atoms with van der Waals surface area (Å²) in [6.07, 6.45) is 2.70. The molecular formula is C16H15FO. The van der Waals surface area contributed by atoms with Crippen LogP contribution >= 0.6 is 0 Å². The third kappa shape index (κ3) is 2.65. The molecule has 0 aliphatic rings. The number of hydrogen-bond acceptors (Lipinski definition) is 1. The molecule has 0 saturated carbocycles. The largest absolute Gasteiger partial charge is 0.298 e. The number of hydrogen-bond donors (Lipinski definition) is 0. The van der Waals surface area contributed by atoms with Gasteiger partial charge >= 0.3 is 0 Å². The topological polar surface area (TPSA) is 17.1 Å². The Labute approximate surface area is 106 Å². The van der Waals surface area contributed by atoms with E-state index in [9.17, 15) is 9.18 Å². The van der Waals surface area contributed by atoms with Crippen molar-refractivity contribution in [1.29, 1.82) is 0 Å². The van der Waals surface area contributed by atoms with Crippen LogP contribution in [0, 0.1) is 5.82 Å². The third-order valence-electron chi connectivity index (χ3n) is 2.95. The quantitative estimate of drug-likeness (QED) is 0.732. The summed E-state index contributed by atoms with van der Waals surface area (Å²) in [5.41, 5.74) is 3.14. The van der Waals surface area contributed by atoms with E-state index in [0.717, 1.165) is 24.0 Å². The highest BCUT2D eigenvalue weighted by molar-refractivity contribution is 5.77. The van der Waals surface area contributed by atoms with Gasteiger partial charge in [0.05, 0.1) is 5.56 Å². The monoisotopic (exact) mass is 242 g/mol. The zero-order valence-corrected chi connectivity index (χ0v) is 10.3. The molecule has 0 amide bonds. The second kappa shape index (κ2) is 5.58. The van der Waals surface area contributed by atoms with Crippen molar-refractivity contribution in [2.24, 2.45) is 0 Å². The lowest BCUT2D eigenvalue weighted by molar-refractivity contribution is 0.112. The first kappa shape index (κ1) is 12.5. The van der Waals surface area contributed by atoms with E-state index in [0.29, 0.717) is 6.29 Å². The number of aldehydes is 1. The van der Waals surface area contributed by atoms with E-state index in [1.165, 1.54) is 17.7 Å². The van der Waals surface area contributed by atoms with E-state index >= 15 is 0 Å². The highest BCUT2D eigenvalue weighted by Crippen LogP contribution is 2.22. The first-order chi connectivity index (χ1) is 8.74. The molecule has 0 heterocycles. The molecule has 2 heteroatoms. The van der Waals surface area contributed by atoms with Crippen LogP contribution in [-0.4, -0.2) is 6.29 Å². The normalized spacial score (nSPS) is 10.3. The minimum Gasteiger partial charge on any atom is -0.298 e. The smallest absolute Gasteiger partial charge is 0.152 e. The molecule has 0 radical (unpaired) electrons. The van der Waals surface area contributed by atoms with Gasteiger partial charge in [0.15, 0.2) is 6.29 Å². The number of carbonyl (C=O) groups is 1. The number of benzene rings is 2. The molecule has 2 rings (SSSR count). The summed E-state index contributed by atoms with van der Waals surface area (Å²) >= 11 is 0. The van der Waals surface area contributed by atoms with E-state index in [2.05, 4.69) is 19.1 Å². The first-order valence-electron chi connectivity index (χ1n) is 6.08. The van der Waals surface area contributed by atoms with Gasteiger partial charge in [0.2, 0.25) is 0 Å².